The zero-order valence-electron chi connectivity index (χ0n) is 8.75. The zero-order chi connectivity index (χ0) is 10.5. The molecule has 0 saturated carbocycles. The Hall–Kier alpha value is 0.400. The van der Waals surface area contributed by atoms with Crippen LogP contribution < -0.4 is 5.48 Å². The predicted molar refractivity (Wildman–Crippen MR) is 61.1 cm³/mol. The highest BCUT2D eigenvalue weighted by Gasteiger charge is 2.28. The molecule has 0 aliphatic carbocycles. The standard InChI is InChI=1S/C7H20IN3O2/c1-8-11(4,5)13-10(2,3)7-6-9-12/h9,12H,1,6-7H2,2-5H3/q+2. The van der Waals surface area contributed by atoms with Gasteiger partial charge < -0.3 is 5.21 Å². The highest BCUT2D eigenvalue weighted by atomic mass is 127. The number of halogens is 1. The Bertz CT molecular complexity index is 173. The number of likely N-dealkylation sites (N-methyl/N-ethyl adjacent to an activating group) is 1. The van der Waals surface area contributed by atoms with Gasteiger partial charge in [-0.15, -0.1) is 4.65 Å². The van der Waals surface area contributed by atoms with Gasteiger partial charge in [-0.2, -0.15) is 5.48 Å². The molecule has 0 radical (unpaired) electrons. The number of nitrogens with zero attached hydrogens (tertiary/aromatic N) is 2. The second-order valence-corrected chi connectivity index (χ2v) is 6.63. The van der Waals surface area contributed by atoms with Crippen molar-refractivity contribution in [1.82, 2.24) is 5.48 Å². The van der Waals surface area contributed by atoms with Crippen molar-refractivity contribution < 1.29 is 17.7 Å². The molecular formula is C7H20IN3O2+2. The highest BCUT2D eigenvalue weighted by molar-refractivity contribution is 14.1. The first-order valence-corrected chi connectivity index (χ1v) is 6.47. The van der Waals surface area contributed by atoms with Crippen LogP contribution in [0.4, 0.5) is 0 Å². The summed E-state index contributed by atoms with van der Waals surface area (Å²) in [6.07, 6.45) is 0. The van der Waals surface area contributed by atoms with Crippen molar-refractivity contribution in [2.24, 2.45) is 0 Å². The van der Waals surface area contributed by atoms with E-state index in [0.717, 1.165) is 0 Å². The second kappa shape index (κ2) is 5.32. The SMILES string of the molecule is C=I[N+](C)(C)O[N+](C)(C)CCNO. The first kappa shape index (κ1) is 13.4. The molecule has 0 aromatic rings. The lowest BCUT2D eigenvalue weighted by atomic mass is 10.6. The van der Waals surface area contributed by atoms with Crippen LogP contribution in [0.25, 0.3) is 0 Å². The van der Waals surface area contributed by atoms with Crippen LogP contribution in [-0.4, -0.2) is 58.5 Å². The quantitative estimate of drug-likeness (QED) is 0.321. The summed E-state index contributed by atoms with van der Waals surface area (Å²) < 4.78 is 4.83. The first-order valence-electron chi connectivity index (χ1n) is 3.98. The van der Waals surface area contributed by atoms with Gasteiger partial charge in [0.25, 0.3) is 0 Å². The number of hydroxylamine groups is 6. The molecule has 0 unspecified atom stereocenters. The molecule has 0 saturated heterocycles. The fourth-order valence-corrected chi connectivity index (χ4v) is 1.51. The molecule has 0 spiro atoms. The van der Waals surface area contributed by atoms with E-state index in [1.165, 1.54) is 0 Å². The lowest BCUT2D eigenvalue weighted by molar-refractivity contribution is -1.26. The Labute approximate surface area is 90.0 Å². The predicted octanol–water partition coefficient (Wildman–Crippen LogP) is 0.282. The van der Waals surface area contributed by atoms with E-state index in [1.54, 1.807) is 0 Å². The van der Waals surface area contributed by atoms with Crippen LogP contribution in [0.1, 0.15) is 0 Å². The van der Waals surface area contributed by atoms with E-state index in [4.69, 9.17) is 10.1 Å². The fraction of sp³-hybridized carbons (Fsp3) is 0.857. The van der Waals surface area contributed by atoms with E-state index >= 15 is 0 Å². The molecule has 0 amide bonds. The molecule has 0 fully saturated rings. The molecule has 80 valence electrons. The van der Waals surface area contributed by atoms with E-state index in [2.05, 4.69) is 9.99 Å². The van der Waals surface area contributed by atoms with Crippen molar-refractivity contribution in [2.45, 2.75) is 0 Å². The van der Waals surface area contributed by atoms with Crippen LogP contribution in [0.5, 0.6) is 0 Å². The first-order chi connectivity index (χ1) is 5.83. The molecule has 5 nitrogen and oxygen atoms in total. The maximum atomic E-state index is 8.46. The number of rotatable bonds is 6. The highest BCUT2D eigenvalue weighted by Crippen LogP contribution is 2.17. The summed E-state index contributed by atoms with van der Waals surface area (Å²) in [5.74, 6) is 0. The Morgan fingerprint density at radius 2 is 1.92 bits per heavy atom. The van der Waals surface area contributed by atoms with Gasteiger partial charge in [0.15, 0.2) is 21.0 Å². The molecule has 0 aromatic heterocycles. The molecule has 0 heterocycles. The maximum Gasteiger partial charge on any atom is 0.180 e. The van der Waals surface area contributed by atoms with Gasteiger partial charge in [-0.1, -0.05) is 2.86 Å². The summed E-state index contributed by atoms with van der Waals surface area (Å²) in [4.78, 5) is 5.79. The van der Waals surface area contributed by atoms with Crippen LogP contribution in [0.3, 0.4) is 0 Å². The topological polar surface area (TPSA) is 41.5 Å². The Morgan fingerprint density at radius 1 is 1.38 bits per heavy atom. The average Bonchev–Trinajstić information content (AvgIpc) is 1.99. The minimum atomic E-state index is -0.254. The van der Waals surface area contributed by atoms with Gasteiger partial charge in [-0.25, -0.2) is 0 Å². The van der Waals surface area contributed by atoms with E-state index in [-0.39, 0.29) is 21.0 Å². The summed E-state index contributed by atoms with van der Waals surface area (Å²) in [6.45, 7) is 1.23. The largest absolute Gasteiger partial charge is 0.317 e. The van der Waals surface area contributed by atoms with Crippen molar-refractivity contribution in [3.8, 4) is 0 Å². The molecule has 2 N–H and O–H groups in total. The summed E-state index contributed by atoms with van der Waals surface area (Å²) in [5.41, 5.74) is 2.12. The van der Waals surface area contributed by atoms with Gasteiger partial charge in [0.05, 0.1) is 6.54 Å². The number of hydrogen-bond donors (Lipinski definition) is 2. The molecular weight excluding hydrogens is 285 g/mol. The number of nitrogens with one attached hydrogen (secondary N) is 1. The lowest BCUT2D eigenvalue weighted by Crippen LogP contribution is -2.51. The van der Waals surface area contributed by atoms with Crippen molar-refractivity contribution in [2.75, 3.05) is 41.3 Å². The lowest BCUT2D eigenvalue weighted by Gasteiger charge is -2.30. The van der Waals surface area contributed by atoms with Crippen molar-refractivity contribution in [1.29, 1.82) is 0 Å². The van der Waals surface area contributed by atoms with E-state index in [1.807, 2.05) is 28.2 Å². The molecule has 0 aliphatic heterocycles. The van der Waals surface area contributed by atoms with Crippen molar-refractivity contribution in [3.63, 3.8) is 0 Å². The van der Waals surface area contributed by atoms with Crippen molar-refractivity contribution in [3.05, 3.63) is 0 Å². The van der Waals surface area contributed by atoms with E-state index in [9.17, 15) is 0 Å². The molecule has 13 heavy (non-hydrogen) atoms. The minimum Gasteiger partial charge on any atom is -0.317 e. The smallest absolute Gasteiger partial charge is 0.180 e. The molecule has 0 bridgehead atoms. The van der Waals surface area contributed by atoms with E-state index in [0.29, 0.717) is 20.6 Å². The molecule has 6 heteroatoms. The number of hydrogen-bond acceptors (Lipinski definition) is 3. The van der Waals surface area contributed by atoms with Gasteiger partial charge in [0.2, 0.25) is 0 Å². The summed E-state index contributed by atoms with van der Waals surface area (Å²) in [7, 11) is 7.90. The third-order valence-corrected chi connectivity index (χ3v) is 3.28. The molecule has 0 rings (SSSR count). The summed E-state index contributed by atoms with van der Waals surface area (Å²) >= 11 is -0.254. The van der Waals surface area contributed by atoms with Gasteiger partial charge in [-0.3, -0.25) is 0 Å². The molecule has 0 atom stereocenters. The second-order valence-electron chi connectivity index (χ2n) is 3.63. The summed E-state index contributed by atoms with van der Waals surface area (Å²) in [6, 6.07) is 0. The van der Waals surface area contributed by atoms with Crippen LogP contribution in [0.15, 0.2) is 0 Å². The van der Waals surface area contributed by atoms with Gasteiger partial charge >= 0.3 is 0 Å². The molecule has 0 aromatic carbocycles. The Balaban J connectivity index is 4.07. The average molecular weight is 305 g/mol. The fourth-order valence-electron chi connectivity index (χ4n) is 0.908. The molecule has 0 aliphatic rings. The third-order valence-electron chi connectivity index (χ3n) is 1.47. The monoisotopic (exact) mass is 305 g/mol. The maximum absolute atomic E-state index is 8.46. The van der Waals surface area contributed by atoms with Crippen molar-refractivity contribution >= 4 is 25.5 Å². The Kier molecular flexibility index (Phi) is 5.49. The van der Waals surface area contributed by atoms with Crippen LogP contribution >= 0.6 is 21.0 Å². The third kappa shape index (κ3) is 6.47. The van der Waals surface area contributed by atoms with Gasteiger partial charge in [-0.05, 0) is 9.45 Å². The van der Waals surface area contributed by atoms with Crippen LogP contribution in [-0.2, 0) is 4.94 Å². The number of quaternary nitrogens is 2. The van der Waals surface area contributed by atoms with Gasteiger partial charge in [0.1, 0.15) is 34.7 Å². The zero-order valence-corrected chi connectivity index (χ0v) is 10.9. The Morgan fingerprint density at radius 3 is 2.31 bits per heavy atom. The van der Waals surface area contributed by atoms with Crippen LogP contribution in [0.2, 0.25) is 0 Å². The normalized spacial score (nSPS) is 13.3. The van der Waals surface area contributed by atoms with E-state index < -0.39 is 0 Å². The minimum absolute atomic E-state index is 0.254. The summed E-state index contributed by atoms with van der Waals surface area (Å²) in [5, 5.41) is 8.46. The van der Waals surface area contributed by atoms with Crippen LogP contribution in [0, 0.1) is 0 Å². The van der Waals surface area contributed by atoms with Gasteiger partial charge in [0, 0.05) is 0 Å².